The zero-order valence-corrected chi connectivity index (χ0v) is 12.4. The molecule has 1 rings (SSSR count). The van der Waals surface area contributed by atoms with Crippen LogP contribution in [0, 0.1) is 0 Å². The Labute approximate surface area is 119 Å². The number of oxime groups is 1. The second-order valence-corrected chi connectivity index (χ2v) is 5.19. The van der Waals surface area contributed by atoms with E-state index in [4.69, 9.17) is 20.4 Å². The predicted octanol–water partition coefficient (Wildman–Crippen LogP) is 1.30. The van der Waals surface area contributed by atoms with Crippen molar-refractivity contribution in [1.82, 2.24) is 5.32 Å². The van der Waals surface area contributed by atoms with Gasteiger partial charge in [0.1, 0.15) is 5.75 Å². The number of ether oxygens (including phenoxy) is 2. The van der Waals surface area contributed by atoms with E-state index >= 15 is 0 Å². The van der Waals surface area contributed by atoms with Gasteiger partial charge in [-0.2, -0.15) is 0 Å². The minimum Gasteiger partial charge on any atom is -0.496 e. The highest BCUT2D eigenvalue weighted by atomic mass is 16.5. The number of amidine groups is 1. The van der Waals surface area contributed by atoms with Crippen molar-refractivity contribution >= 4 is 5.84 Å². The van der Waals surface area contributed by atoms with Crippen LogP contribution in [-0.2, 0) is 11.3 Å². The fourth-order valence-corrected chi connectivity index (χ4v) is 1.87. The second-order valence-electron chi connectivity index (χ2n) is 5.19. The summed E-state index contributed by atoms with van der Waals surface area (Å²) in [5.74, 6) is 0.597. The van der Waals surface area contributed by atoms with E-state index in [1.54, 1.807) is 20.3 Å². The van der Waals surface area contributed by atoms with Gasteiger partial charge in [-0.25, -0.2) is 0 Å². The highest BCUT2D eigenvalue weighted by molar-refractivity contribution is 5.99. The van der Waals surface area contributed by atoms with Crippen LogP contribution in [0.1, 0.15) is 25.0 Å². The molecule has 4 N–H and O–H groups in total. The summed E-state index contributed by atoms with van der Waals surface area (Å²) in [7, 11) is 3.22. The molecule has 6 heteroatoms. The van der Waals surface area contributed by atoms with Crippen molar-refractivity contribution in [2.45, 2.75) is 25.9 Å². The van der Waals surface area contributed by atoms with Gasteiger partial charge in [0, 0.05) is 19.2 Å². The SMILES string of the molecule is COCC(C)(C)NCc1ccc(OC)c(/C(N)=N/O)c1. The summed E-state index contributed by atoms with van der Waals surface area (Å²) in [6.07, 6.45) is 0. The number of hydrogen-bond donors (Lipinski definition) is 3. The van der Waals surface area contributed by atoms with E-state index < -0.39 is 0 Å². The lowest BCUT2D eigenvalue weighted by Gasteiger charge is -2.25. The quantitative estimate of drug-likeness (QED) is 0.303. The maximum atomic E-state index is 8.80. The maximum absolute atomic E-state index is 8.80. The third-order valence-electron chi connectivity index (χ3n) is 2.92. The summed E-state index contributed by atoms with van der Waals surface area (Å²) in [5, 5.41) is 15.2. The van der Waals surface area contributed by atoms with Gasteiger partial charge >= 0.3 is 0 Å². The Morgan fingerprint density at radius 1 is 1.40 bits per heavy atom. The van der Waals surface area contributed by atoms with Gasteiger partial charge in [-0.1, -0.05) is 11.2 Å². The van der Waals surface area contributed by atoms with Crippen molar-refractivity contribution < 1.29 is 14.7 Å². The van der Waals surface area contributed by atoms with Crippen molar-refractivity contribution in [3.8, 4) is 5.75 Å². The molecular weight excluding hydrogens is 258 g/mol. The molecule has 0 atom stereocenters. The molecule has 0 aromatic heterocycles. The standard InChI is InChI=1S/C14H23N3O3/c1-14(2,9-19-3)16-8-10-5-6-12(20-4)11(7-10)13(15)17-18/h5-7,16,18H,8-9H2,1-4H3,(H2,15,17). The smallest absolute Gasteiger partial charge is 0.173 e. The lowest BCUT2D eigenvalue weighted by molar-refractivity contribution is 0.128. The topological polar surface area (TPSA) is 89.1 Å². The Hall–Kier alpha value is -1.79. The van der Waals surface area contributed by atoms with E-state index in [-0.39, 0.29) is 11.4 Å². The number of benzene rings is 1. The Kier molecular flexibility index (Phi) is 5.79. The van der Waals surface area contributed by atoms with Crippen molar-refractivity contribution in [2.75, 3.05) is 20.8 Å². The molecule has 0 heterocycles. The molecule has 0 radical (unpaired) electrons. The molecule has 0 saturated carbocycles. The average Bonchev–Trinajstić information content (AvgIpc) is 2.44. The van der Waals surface area contributed by atoms with E-state index in [9.17, 15) is 0 Å². The molecule has 1 aromatic rings. The third kappa shape index (κ3) is 4.40. The lowest BCUT2D eigenvalue weighted by Crippen LogP contribution is -2.42. The Morgan fingerprint density at radius 3 is 2.65 bits per heavy atom. The van der Waals surface area contributed by atoms with Gasteiger partial charge in [-0.3, -0.25) is 0 Å². The molecule has 0 unspecified atom stereocenters. The monoisotopic (exact) mass is 281 g/mol. The van der Waals surface area contributed by atoms with E-state index in [1.807, 2.05) is 12.1 Å². The van der Waals surface area contributed by atoms with E-state index in [0.717, 1.165) is 5.56 Å². The minimum atomic E-state index is -0.133. The molecule has 0 aliphatic heterocycles. The molecular formula is C14H23N3O3. The zero-order chi connectivity index (χ0) is 15.2. The van der Waals surface area contributed by atoms with Crippen LogP contribution in [0.25, 0.3) is 0 Å². The third-order valence-corrected chi connectivity index (χ3v) is 2.92. The van der Waals surface area contributed by atoms with E-state index in [0.29, 0.717) is 24.5 Å². The number of rotatable bonds is 7. The Morgan fingerprint density at radius 2 is 2.10 bits per heavy atom. The minimum absolute atomic E-state index is 0.0276. The van der Waals surface area contributed by atoms with Crippen LogP contribution in [0.2, 0.25) is 0 Å². The molecule has 0 spiro atoms. The molecule has 0 amide bonds. The van der Waals surface area contributed by atoms with Gasteiger partial charge < -0.3 is 25.7 Å². The molecule has 1 aromatic carbocycles. The van der Waals surface area contributed by atoms with Crippen molar-refractivity contribution in [3.63, 3.8) is 0 Å². The summed E-state index contributed by atoms with van der Waals surface area (Å²) >= 11 is 0. The van der Waals surface area contributed by atoms with Gasteiger partial charge in [-0.15, -0.1) is 0 Å². The van der Waals surface area contributed by atoms with Crippen LogP contribution < -0.4 is 15.8 Å². The Bertz CT molecular complexity index is 473. The van der Waals surface area contributed by atoms with Crippen LogP contribution in [0.3, 0.4) is 0 Å². The van der Waals surface area contributed by atoms with Crippen LogP contribution in [0.15, 0.2) is 23.4 Å². The van der Waals surface area contributed by atoms with Gasteiger partial charge in [-0.05, 0) is 31.5 Å². The molecule has 112 valence electrons. The number of methoxy groups -OCH3 is 2. The normalized spacial score (nSPS) is 12.5. The molecule has 0 fully saturated rings. The van der Waals surface area contributed by atoms with Gasteiger partial charge in [0.25, 0.3) is 0 Å². The van der Waals surface area contributed by atoms with Crippen LogP contribution >= 0.6 is 0 Å². The molecule has 0 aliphatic rings. The molecule has 20 heavy (non-hydrogen) atoms. The first-order valence-electron chi connectivity index (χ1n) is 6.32. The van der Waals surface area contributed by atoms with Crippen LogP contribution in [-0.4, -0.2) is 37.4 Å². The van der Waals surface area contributed by atoms with Crippen molar-refractivity contribution in [2.24, 2.45) is 10.9 Å². The van der Waals surface area contributed by atoms with E-state index in [1.165, 1.54) is 0 Å². The fourth-order valence-electron chi connectivity index (χ4n) is 1.87. The fraction of sp³-hybridized carbons (Fsp3) is 0.500. The predicted molar refractivity (Wildman–Crippen MR) is 78.3 cm³/mol. The zero-order valence-electron chi connectivity index (χ0n) is 12.4. The molecule has 0 bridgehead atoms. The summed E-state index contributed by atoms with van der Waals surface area (Å²) in [5.41, 5.74) is 7.09. The first kappa shape index (κ1) is 16.3. The van der Waals surface area contributed by atoms with Crippen molar-refractivity contribution in [1.29, 1.82) is 0 Å². The highest BCUT2D eigenvalue weighted by Crippen LogP contribution is 2.20. The van der Waals surface area contributed by atoms with Gasteiger partial charge in [0.2, 0.25) is 0 Å². The van der Waals surface area contributed by atoms with Gasteiger partial charge in [0.15, 0.2) is 5.84 Å². The largest absolute Gasteiger partial charge is 0.496 e. The molecule has 6 nitrogen and oxygen atoms in total. The summed E-state index contributed by atoms with van der Waals surface area (Å²) in [6, 6.07) is 5.57. The molecule has 0 aliphatic carbocycles. The van der Waals surface area contributed by atoms with Crippen LogP contribution in [0.5, 0.6) is 5.75 Å². The first-order chi connectivity index (χ1) is 9.43. The van der Waals surface area contributed by atoms with E-state index in [2.05, 4.69) is 24.3 Å². The maximum Gasteiger partial charge on any atom is 0.173 e. The summed E-state index contributed by atoms with van der Waals surface area (Å²) in [4.78, 5) is 0. The number of hydrogen-bond acceptors (Lipinski definition) is 5. The Balaban J connectivity index is 2.87. The second kappa shape index (κ2) is 7.12. The summed E-state index contributed by atoms with van der Waals surface area (Å²) < 4.78 is 10.4. The number of nitrogens with two attached hydrogens (primary N) is 1. The van der Waals surface area contributed by atoms with Crippen LogP contribution in [0.4, 0.5) is 0 Å². The lowest BCUT2D eigenvalue weighted by atomic mass is 10.0. The first-order valence-corrected chi connectivity index (χ1v) is 6.32. The highest BCUT2D eigenvalue weighted by Gasteiger charge is 2.17. The molecule has 0 saturated heterocycles. The summed E-state index contributed by atoms with van der Waals surface area (Å²) in [6.45, 7) is 5.37. The van der Waals surface area contributed by atoms with Crippen molar-refractivity contribution in [3.05, 3.63) is 29.3 Å². The van der Waals surface area contributed by atoms with Gasteiger partial charge in [0.05, 0.1) is 19.3 Å². The number of nitrogens with zero attached hydrogens (tertiary/aromatic N) is 1. The average molecular weight is 281 g/mol. The number of nitrogens with one attached hydrogen (secondary N) is 1.